The largest absolute Gasteiger partial charge is 0.467 e. The van der Waals surface area contributed by atoms with Gasteiger partial charge in [-0.05, 0) is 44.2 Å². The number of amides is 2. The molecular formula is C17H24N2O4. The van der Waals surface area contributed by atoms with Crippen LogP contribution in [0.25, 0.3) is 0 Å². The van der Waals surface area contributed by atoms with E-state index in [-0.39, 0.29) is 24.3 Å². The molecule has 4 heterocycles. The van der Waals surface area contributed by atoms with Crippen molar-refractivity contribution in [1.29, 1.82) is 0 Å². The quantitative estimate of drug-likeness (QED) is 0.904. The Balaban J connectivity index is 1.39. The van der Waals surface area contributed by atoms with Crippen LogP contribution >= 0.6 is 0 Å². The molecule has 4 rings (SSSR count). The summed E-state index contributed by atoms with van der Waals surface area (Å²) in [6.45, 7) is 1.87. The SMILES string of the molecule is O=C(N[C@@H]1C[C@H]2CC[C@H]1O2)N(Cc1ccco1)C[C@@H]1CCCO1. The van der Waals surface area contributed by atoms with Gasteiger partial charge in [-0.3, -0.25) is 0 Å². The highest BCUT2D eigenvalue weighted by Crippen LogP contribution is 2.34. The van der Waals surface area contributed by atoms with Crippen molar-refractivity contribution in [3.05, 3.63) is 24.2 Å². The van der Waals surface area contributed by atoms with Gasteiger partial charge in [-0.1, -0.05) is 0 Å². The fraction of sp³-hybridized carbons (Fsp3) is 0.706. The van der Waals surface area contributed by atoms with E-state index >= 15 is 0 Å². The van der Waals surface area contributed by atoms with Crippen molar-refractivity contribution < 1.29 is 18.7 Å². The first kappa shape index (κ1) is 15.0. The van der Waals surface area contributed by atoms with Crippen LogP contribution in [0, 0.1) is 0 Å². The number of rotatable bonds is 5. The number of nitrogens with one attached hydrogen (secondary N) is 1. The molecular weight excluding hydrogens is 296 g/mol. The first-order valence-corrected chi connectivity index (χ1v) is 8.63. The van der Waals surface area contributed by atoms with Crippen molar-refractivity contribution in [1.82, 2.24) is 10.2 Å². The van der Waals surface area contributed by atoms with E-state index in [0.29, 0.717) is 19.2 Å². The molecule has 6 nitrogen and oxygen atoms in total. The Labute approximate surface area is 136 Å². The number of ether oxygens (including phenoxy) is 2. The third-order valence-electron chi connectivity index (χ3n) is 5.08. The zero-order valence-corrected chi connectivity index (χ0v) is 13.3. The molecule has 3 fully saturated rings. The highest BCUT2D eigenvalue weighted by Gasteiger charge is 2.42. The molecule has 2 amide bonds. The number of hydrogen-bond donors (Lipinski definition) is 1. The number of urea groups is 1. The van der Waals surface area contributed by atoms with Crippen LogP contribution in [-0.4, -0.2) is 48.4 Å². The topological polar surface area (TPSA) is 63.9 Å². The molecule has 0 saturated carbocycles. The number of nitrogens with zero attached hydrogens (tertiary/aromatic N) is 1. The van der Waals surface area contributed by atoms with E-state index in [1.165, 1.54) is 0 Å². The summed E-state index contributed by atoms with van der Waals surface area (Å²) in [6, 6.07) is 3.85. The molecule has 6 heteroatoms. The van der Waals surface area contributed by atoms with E-state index < -0.39 is 0 Å². The third kappa shape index (κ3) is 3.38. The lowest BCUT2D eigenvalue weighted by Gasteiger charge is -2.28. The van der Waals surface area contributed by atoms with Crippen LogP contribution < -0.4 is 5.32 Å². The average molecular weight is 320 g/mol. The molecule has 3 saturated heterocycles. The highest BCUT2D eigenvalue weighted by molar-refractivity contribution is 5.74. The zero-order chi connectivity index (χ0) is 15.6. The Kier molecular flexibility index (Phi) is 4.27. The van der Waals surface area contributed by atoms with Crippen molar-refractivity contribution in [2.45, 2.75) is 63.0 Å². The normalized spacial score (nSPS) is 32.3. The lowest BCUT2D eigenvalue weighted by atomic mass is 9.96. The molecule has 0 spiro atoms. The lowest BCUT2D eigenvalue weighted by Crippen LogP contribution is -2.49. The van der Waals surface area contributed by atoms with Crippen molar-refractivity contribution in [2.75, 3.05) is 13.2 Å². The van der Waals surface area contributed by atoms with Gasteiger partial charge in [0.25, 0.3) is 0 Å². The minimum Gasteiger partial charge on any atom is -0.467 e. The molecule has 0 radical (unpaired) electrons. The van der Waals surface area contributed by atoms with Crippen LogP contribution in [0.2, 0.25) is 0 Å². The van der Waals surface area contributed by atoms with E-state index in [9.17, 15) is 4.79 Å². The maximum Gasteiger partial charge on any atom is 0.318 e. The maximum absolute atomic E-state index is 12.8. The smallest absolute Gasteiger partial charge is 0.318 e. The van der Waals surface area contributed by atoms with Gasteiger partial charge in [0.2, 0.25) is 0 Å². The van der Waals surface area contributed by atoms with Gasteiger partial charge in [-0.15, -0.1) is 0 Å². The van der Waals surface area contributed by atoms with Crippen LogP contribution in [0.4, 0.5) is 4.79 Å². The molecule has 1 N–H and O–H groups in total. The van der Waals surface area contributed by atoms with Crippen LogP contribution in [0.1, 0.15) is 37.9 Å². The van der Waals surface area contributed by atoms with Gasteiger partial charge in [0.1, 0.15) is 5.76 Å². The molecule has 4 atom stereocenters. The Morgan fingerprint density at radius 3 is 2.96 bits per heavy atom. The number of furan rings is 1. The second-order valence-electron chi connectivity index (χ2n) is 6.76. The lowest BCUT2D eigenvalue weighted by molar-refractivity contribution is 0.0748. The molecule has 0 aromatic carbocycles. The second kappa shape index (κ2) is 6.53. The predicted molar refractivity (Wildman–Crippen MR) is 82.9 cm³/mol. The van der Waals surface area contributed by atoms with Crippen LogP contribution in [0.5, 0.6) is 0 Å². The standard InChI is InChI=1S/C17H24N2O4/c20-17(18-15-9-12-5-6-16(15)23-12)19(10-13-3-1-7-21-13)11-14-4-2-8-22-14/h1,3,7,12,14-16H,2,4-6,8-11H2,(H,18,20)/t12-,14+,15-,16-/m1/s1. The minimum atomic E-state index is -0.0435. The molecule has 1 aromatic rings. The van der Waals surface area contributed by atoms with Gasteiger partial charge in [0.15, 0.2) is 0 Å². The molecule has 1 aromatic heterocycles. The summed E-state index contributed by atoms with van der Waals surface area (Å²) >= 11 is 0. The molecule has 126 valence electrons. The number of carbonyl (C=O) groups excluding carboxylic acids is 1. The van der Waals surface area contributed by atoms with E-state index in [1.807, 2.05) is 12.1 Å². The number of fused-ring (bicyclic) bond motifs is 2. The van der Waals surface area contributed by atoms with Crippen molar-refractivity contribution in [3.8, 4) is 0 Å². The van der Waals surface area contributed by atoms with Gasteiger partial charge in [0.05, 0.1) is 37.2 Å². The molecule has 3 aliphatic rings. The third-order valence-corrected chi connectivity index (χ3v) is 5.08. The molecule has 2 bridgehead atoms. The summed E-state index contributed by atoms with van der Waals surface area (Å²) in [5.74, 6) is 0.794. The van der Waals surface area contributed by atoms with Gasteiger partial charge in [0, 0.05) is 13.2 Å². The van der Waals surface area contributed by atoms with Crippen molar-refractivity contribution in [2.24, 2.45) is 0 Å². The van der Waals surface area contributed by atoms with E-state index in [0.717, 1.165) is 44.5 Å². The summed E-state index contributed by atoms with van der Waals surface area (Å²) in [6.07, 6.45) is 7.50. The number of carbonyl (C=O) groups is 1. The van der Waals surface area contributed by atoms with Gasteiger partial charge in [-0.2, -0.15) is 0 Å². The summed E-state index contributed by atoms with van der Waals surface area (Å²) in [7, 11) is 0. The summed E-state index contributed by atoms with van der Waals surface area (Å²) in [5.41, 5.74) is 0. The van der Waals surface area contributed by atoms with Crippen molar-refractivity contribution in [3.63, 3.8) is 0 Å². The monoisotopic (exact) mass is 320 g/mol. The minimum absolute atomic E-state index is 0.0435. The van der Waals surface area contributed by atoms with Gasteiger partial charge >= 0.3 is 6.03 Å². The number of hydrogen-bond acceptors (Lipinski definition) is 4. The van der Waals surface area contributed by atoms with Crippen LogP contribution in [0.15, 0.2) is 22.8 Å². The Bertz CT molecular complexity index is 527. The predicted octanol–water partition coefficient (Wildman–Crippen LogP) is 2.29. The first-order valence-electron chi connectivity index (χ1n) is 8.63. The molecule has 0 unspecified atom stereocenters. The van der Waals surface area contributed by atoms with Crippen molar-refractivity contribution >= 4 is 6.03 Å². The molecule has 0 aliphatic carbocycles. The molecule has 23 heavy (non-hydrogen) atoms. The Hall–Kier alpha value is -1.53. The fourth-order valence-corrected chi connectivity index (χ4v) is 3.88. The summed E-state index contributed by atoms with van der Waals surface area (Å²) < 4.78 is 16.9. The Morgan fingerprint density at radius 2 is 2.30 bits per heavy atom. The van der Waals surface area contributed by atoms with Gasteiger partial charge in [-0.25, -0.2) is 4.79 Å². The second-order valence-corrected chi connectivity index (χ2v) is 6.76. The highest BCUT2D eigenvalue weighted by atomic mass is 16.5. The fourth-order valence-electron chi connectivity index (χ4n) is 3.88. The van der Waals surface area contributed by atoms with E-state index in [1.54, 1.807) is 11.2 Å². The van der Waals surface area contributed by atoms with Gasteiger partial charge < -0.3 is 24.1 Å². The summed E-state index contributed by atoms with van der Waals surface area (Å²) in [5, 5.41) is 3.16. The van der Waals surface area contributed by atoms with E-state index in [2.05, 4.69) is 5.32 Å². The summed E-state index contributed by atoms with van der Waals surface area (Å²) in [4.78, 5) is 14.6. The zero-order valence-electron chi connectivity index (χ0n) is 13.3. The molecule has 3 aliphatic heterocycles. The maximum atomic E-state index is 12.8. The van der Waals surface area contributed by atoms with E-state index in [4.69, 9.17) is 13.9 Å². The average Bonchev–Trinajstić information content (AvgIpc) is 3.32. The first-order chi connectivity index (χ1) is 11.3. The Morgan fingerprint density at radius 1 is 1.35 bits per heavy atom. The van der Waals surface area contributed by atoms with Crippen LogP contribution in [0.3, 0.4) is 0 Å². The van der Waals surface area contributed by atoms with Crippen LogP contribution in [-0.2, 0) is 16.0 Å².